The van der Waals surface area contributed by atoms with Gasteiger partial charge in [-0.05, 0) is 35.6 Å². The van der Waals surface area contributed by atoms with Crippen LogP contribution in [0, 0.1) is 0 Å². The molecule has 7 heteroatoms. The molecule has 0 saturated carbocycles. The highest BCUT2D eigenvalue weighted by Crippen LogP contribution is 2.23. The summed E-state index contributed by atoms with van der Waals surface area (Å²) < 4.78 is 1.85. The molecule has 0 aliphatic heterocycles. The van der Waals surface area contributed by atoms with Crippen LogP contribution in [0.5, 0.6) is 0 Å². The second kappa shape index (κ2) is 8.46. The predicted molar refractivity (Wildman–Crippen MR) is 102 cm³/mol. The van der Waals surface area contributed by atoms with Gasteiger partial charge in [-0.2, -0.15) is 9.78 Å². The number of benzene rings is 1. The molecule has 1 aromatic carbocycles. The van der Waals surface area contributed by atoms with Gasteiger partial charge in [-0.3, -0.25) is 0 Å². The molecule has 0 N–H and O–H groups in total. The Morgan fingerprint density at radius 3 is 2.79 bits per heavy atom. The Labute approximate surface area is 154 Å². The van der Waals surface area contributed by atoms with Crippen molar-refractivity contribution in [2.45, 2.75) is 30.7 Å². The van der Waals surface area contributed by atoms with E-state index < -0.39 is 0 Å². The molecule has 3 aromatic rings. The van der Waals surface area contributed by atoms with Gasteiger partial charge in [-0.25, -0.2) is 0 Å². The molecule has 0 fully saturated rings. The minimum absolute atomic E-state index is 0.748. The molecule has 0 aliphatic rings. The van der Waals surface area contributed by atoms with Gasteiger partial charge in [0.25, 0.3) is 0 Å². The molecule has 0 bridgehead atoms. The average molecular weight is 377 g/mol. The van der Waals surface area contributed by atoms with Gasteiger partial charge >= 0.3 is 0 Å². The van der Waals surface area contributed by atoms with Crippen molar-refractivity contribution in [3.63, 3.8) is 0 Å². The number of thiophene rings is 1. The maximum atomic E-state index is 5.93. The first-order chi connectivity index (χ1) is 11.8. The van der Waals surface area contributed by atoms with E-state index in [1.807, 2.05) is 52.7 Å². The number of hydrogen-bond acceptors (Lipinski definition) is 5. The molecule has 124 valence electrons. The minimum atomic E-state index is 0.748. The molecule has 0 atom stereocenters. The third-order valence-electron chi connectivity index (χ3n) is 3.28. The smallest absolute Gasteiger partial charge is 0.191 e. The molecule has 0 saturated heterocycles. The van der Waals surface area contributed by atoms with Crippen LogP contribution in [0.3, 0.4) is 0 Å². The van der Waals surface area contributed by atoms with Crippen molar-refractivity contribution in [1.29, 1.82) is 0 Å². The van der Waals surface area contributed by atoms with E-state index in [1.165, 1.54) is 5.56 Å². The average Bonchev–Trinajstić information content (AvgIpc) is 3.23. The first kappa shape index (κ1) is 17.2. The van der Waals surface area contributed by atoms with Crippen molar-refractivity contribution >= 4 is 40.9 Å². The fourth-order valence-corrected chi connectivity index (χ4v) is 3.66. The van der Waals surface area contributed by atoms with Gasteiger partial charge in [-0.1, -0.05) is 48.5 Å². The highest BCUT2D eigenvalue weighted by atomic mass is 35.5. The topological polar surface area (TPSA) is 43.1 Å². The fraction of sp³-hybridized carbons (Fsp3) is 0.235. The van der Waals surface area contributed by atoms with Crippen LogP contribution in [-0.4, -0.2) is 21.1 Å². The summed E-state index contributed by atoms with van der Waals surface area (Å²) in [5.74, 6) is 1.69. The van der Waals surface area contributed by atoms with Crippen molar-refractivity contribution in [2.75, 3.05) is 0 Å². The predicted octanol–water partition coefficient (Wildman–Crippen LogP) is 5.12. The monoisotopic (exact) mass is 376 g/mol. The molecule has 4 nitrogen and oxygen atoms in total. The minimum Gasteiger partial charge on any atom is -0.191 e. The molecule has 2 aromatic heterocycles. The lowest BCUT2D eigenvalue weighted by molar-refractivity contribution is 0.700. The van der Waals surface area contributed by atoms with Crippen molar-refractivity contribution in [2.24, 2.45) is 5.10 Å². The van der Waals surface area contributed by atoms with Crippen LogP contribution in [0.15, 0.2) is 52.0 Å². The fourth-order valence-electron chi connectivity index (χ4n) is 2.09. The first-order valence-electron chi connectivity index (χ1n) is 7.65. The number of thioether (sulfide) groups is 1. The molecule has 2 heterocycles. The first-order valence-corrected chi connectivity index (χ1v) is 9.90. The highest BCUT2D eigenvalue weighted by Gasteiger charge is 2.11. The second-order valence-corrected chi connectivity index (χ2v) is 7.49. The lowest BCUT2D eigenvalue weighted by Gasteiger charge is -2.04. The van der Waals surface area contributed by atoms with Crippen LogP contribution < -0.4 is 0 Å². The summed E-state index contributed by atoms with van der Waals surface area (Å²) in [5.41, 5.74) is 1.19. The van der Waals surface area contributed by atoms with Gasteiger partial charge in [0.05, 0.1) is 6.21 Å². The van der Waals surface area contributed by atoms with E-state index in [9.17, 15) is 0 Å². The number of halogens is 1. The summed E-state index contributed by atoms with van der Waals surface area (Å²) in [4.78, 5) is 1.11. The zero-order valence-corrected chi connectivity index (χ0v) is 15.6. The van der Waals surface area contributed by atoms with E-state index in [4.69, 9.17) is 11.6 Å². The quantitative estimate of drug-likeness (QED) is 0.424. The molecular formula is C17H17ClN4S2. The van der Waals surface area contributed by atoms with E-state index in [2.05, 4.69) is 22.2 Å². The van der Waals surface area contributed by atoms with Gasteiger partial charge in [0.1, 0.15) is 0 Å². The van der Waals surface area contributed by atoms with E-state index in [-0.39, 0.29) is 0 Å². The van der Waals surface area contributed by atoms with Gasteiger partial charge in [0.15, 0.2) is 5.82 Å². The maximum Gasteiger partial charge on any atom is 0.212 e. The Hall–Kier alpha value is -1.63. The van der Waals surface area contributed by atoms with Crippen LogP contribution in [0.25, 0.3) is 0 Å². The Morgan fingerprint density at radius 2 is 2.08 bits per heavy atom. The molecule has 0 amide bonds. The summed E-state index contributed by atoms with van der Waals surface area (Å²) in [5, 5.41) is 16.8. The summed E-state index contributed by atoms with van der Waals surface area (Å²) in [6, 6.07) is 11.9. The molecule has 0 aliphatic carbocycles. The van der Waals surface area contributed by atoms with Crippen LogP contribution >= 0.6 is 34.7 Å². The lowest BCUT2D eigenvalue weighted by atomic mass is 10.2. The molecular weight excluding hydrogens is 360 g/mol. The van der Waals surface area contributed by atoms with Crippen LogP contribution in [0.1, 0.15) is 29.6 Å². The third kappa shape index (κ3) is 4.47. The van der Waals surface area contributed by atoms with E-state index in [0.717, 1.165) is 39.5 Å². The number of aryl methyl sites for hydroxylation is 1. The maximum absolute atomic E-state index is 5.93. The number of rotatable bonds is 7. The van der Waals surface area contributed by atoms with Crippen molar-refractivity contribution < 1.29 is 0 Å². The Bertz CT molecular complexity index is 795. The Morgan fingerprint density at radius 1 is 1.25 bits per heavy atom. The van der Waals surface area contributed by atoms with Gasteiger partial charge in [0.2, 0.25) is 5.16 Å². The van der Waals surface area contributed by atoms with Crippen molar-refractivity contribution in [3.05, 3.63) is 63.1 Å². The SMILES string of the molecule is CCCc1nnc(SCc2ccc(Cl)cc2)n1/N=C\c1cccs1. The van der Waals surface area contributed by atoms with Crippen molar-refractivity contribution in [1.82, 2.24) is 14.9 Å². The molecule has 24 heavy (non-hydrogen) atoms. The zero-order valence-electron chi connectivity index (χ0n) is 13.2. The van der Waals surface area contributed by atoms with Crippen molar-refractivity contribution in [3.8, 4) is 0 Å². The Kier molecular flexibility index (Phi) is 6.07. The van der Waals surface area contributed by atoms with Gasteiger partial charge in [-0.15, -0.1) is 21.5 Å². The molecule has 0 unspecified atom stereocenters. The lowest BCUT2D eigenvalue weighted by Crippen LogP contribution is -2.00. The standard InChI is InChI=1S/C17H17ClN4S2/c1-2-4-16-20-21-17(22(16)19-11-15-5-3-10-23-15)24-12-13-6-8-14(18)9-7-13/h3,5-11H,2,4,12H2,1H3/b19-11-. The summed E-state index contributed by atoms with van der Waals surface area (Å²) >= 11 is 9.22. The highest BCUT2D eigenvalue weighted by molar-refractivity contribution is 7.98. The zero-order chi connectivity index (χ0) is 16.8. The van der Waals surface area contributed by atoms with Gasteiger partial charge in [0, 0.05) is 22.1 Å². The summed E-state index contributed by atoms with van der Waals surface area (Å²) in [7, 11) is 0. The normalized spacial score (nSPS) is 11.4. The van der Waals surface area contributed by atoms with Crippen LogP contribution in [0.4, 0.5) is 0 Å². The van der Waals surface area contributed by atoms with Crippen LogP contribution in [-0.2, 0) is 12.2 Å². The number of hydrogen-bond donors (Lipinski definition) is 0. The second-order valence-electron chi connectivity index (χ2n) is 5.14. The third-order valence-corrected chi connectivity index (χ3v) is 5.32. The number of aromatic nitrogens is 3. The molecule has 0 radical (unpaired) electrons. The van der Waals surface area contributed by atoms with E-state index in [0.29, 0.717) is 0 Å². The van der Waals surface area contributed by atoms with Crippen LogP contribution in [0.2, 0.25) is 5.02 Å². The van der Waals surface area contributed by atoms with E-state index in [1.54, 1.807) is 23.1 Å². The largest absolute Gasteiger partial charge is 0.212 e. The Balaban J connectivity index is 1.77. The van der Waals surface area contributed by atoms with E-state index >= 15 is 0 Å². The molecule has 3 rings (SSSR count). The van der Waals surface area contributed by atoms with Gasteiger partial charge < -0.3 is 0 Å². The molecule has 0 spiro atoms. The summed E-state index contributed by atoms with van der Waals surface area (Å²) in [6.45, 7) is 2.13. The number of nitrogens with zero attached hydrogens (tertiary/aromatic N) is 4. The summed E-state index contributed by atoms with van der Waals surface area (Å²) in [6.07, 6.45) is 3.73.